The normalized spacial score (nSPS) is 14.6. The van der Waals surface area contributed by atoms with Crippen molar-refractivity contribution in [2.24, 2.45) is 46.6 Å². The Balaban J connectivity index is 2.29. The maximum absolute atomic E-state index is 14.3. The second kappa shape index (κ2) is 57.4. The van der Waals surface area contributed by atoms with Gasteiger partial charge in [0.25, 0.3) is 0 Å². The van der Waals surface area contributed by atoms with Gasteiger partial charge in [0, 0.05) is 50.3 Å². The molecule has 0 aliphatic heterocycles. The van der Waals surface area contributed by atoms with E-state index in [4.69, 9.17) is 28.3 Å². The van der Waals surface area contributed by atoms with E-state index in [1.54, 1.807) is 58.0 Å². The number of aliphatic hydroxyl groups is 2. The van der Waals surface area contributed by atoms with Crippen molar-refractivity contribution in [1.82, 2.24) is 90.4 Å². The van der Waals surface area contributed by atoms with E-state index in [9.17, 15) is 117 Å². The number of aliphatic hydroxyl groups excluding tert-OH is 2. The summed E-state index contributed by atoms with van der Waals surface area (Å²) in [4.78, 5) is 255. The Labute approximate surface area is 738 Å². The number of hydrogen-bond acceptors (Lipinski definition) is 26. The number of hydrogen-bond donors (Lipinski definition) is 29. The highest BCUT2D eigenvalue weighted by Crippen LogP contribution is 2.17. The number of thiol groups is 2. The van der Waals surface area contributed by atoms with Crippen LogP contribution in [0.15, 0.2) is 54.6 Å². The lowest BCUT2D eigenvalue weighted by molar-refractivity contribution is -0.142. The van der Waals surface area contributed by atoms with Gasteiger partial charge in [-0.15, -0.1) is 0 Å². The maximum atomic E-state index is 14.3. The smallest absolute Gasteiger partial charge is 0.326 e. The molecule has 126 heavy (non-hydrogen) atoms. The SMILES string of the molecule is CC[C@H](C)[C@H](NC(=O)[C@H](CCCNC(=N)N)NC(=O)[C@@H](N)CC(C)C)C(=O)N[C@H](C(=O)N[C@@H](CCC(N)=O)C(=O)N[C@@H](CS)C(=O)N[C@@H](CCCNC(N)=O)C(=O)N[C@@H](CO)C(=O)N[C@H](C(=O)N[C@@H](CCC(=O)O)C(=O)NCC(=O)N[C@@H](CO)C(=O)N[C@@H](CS)C(=O)NCC(=O)N[C@@H](Cc1ccccc1)C(=O)N[C@@H](Cc1ccc(O)cc1)C(=O)O)C(C)C)C(C)C. The molecule has 0 bridgehead atoms. The second-order valence-electron chi connectivity index (χ2n) is 30.7. The number of benzene rings is 2. The third kappa shape index (κ3) is 41.5. The van der Waals surface area contributed by atoms with Gasteiger partial charge in [0.1, 0.15) is 84.3 Å². The van der Waals surface area contributed by atoms with Crippen LogP contribution in [-0.4, -0.2) is 279 Å². The van der Waals surface area contributed by atoms with Crippen molar-refractivity contribution < 1.29 is 117 Å². The fraction of sp³-hybridized carbons (Fsp3) is 0.590. The quantitative estimate of drug-likeness (QED) is 0.0127. The van der Waals surface area contributed by atoms with E-state index < -0.39 is 278 Å². The van der Waals surface area contributed by atoms with Crippen LogP contribution < -0.4 is 113 Å². The Kier molecular flexibility index (Phi) is 50.0. The van der Waals surface area contributed by atoms with E-state index in [0.717, 1.165) is 0 Å². The zero-order chi connectivity index (χ0) is 95.2. The molecule has 0 spiro atoms. The van der Waals surface area contributed by atoms with Crippen molar-refractivity contribution in [2.45, 2.75) is 217 Å². The molecule has 46 nitrogen and oxygen atoms in total. The van der Waals surface area contributed by atoms with Crippen molar-refractivity contribution in [3.63, 3.8) is 0 Å². The number of primary amides is 2. The summed E-state index contributed by atoms with van der Waals surface area (Å²) in [5, 5.41) is 98.1. The van der Waals surface area contributed by atoms with Gasteiger partial charge in [-0.3, -0.25) is 86.9 Å². The lowest BCUT2D eigenvalue weighted by Crippen LogP contribution is -2.62. The van der Waals surface area contributed by atoms with Crippen LogP contribution in [0, 0.1) is 29.1 Å². The summed E-state index contributed by atoms with van der Waals surface area (Å²) < 4.78 is 0. The first kappa shape index (κ1) is 110. The Morgan fingerprint density at radius 3 is 1.24 bits per heavy atom. The van der Waals surface area contributed by atoms with Gasteiger partial charge in [-0.2, -0.15) is 25.3 Å². The summed E-state index contributed by atoms with van der Waals surface area (Å²) in [6, 6.07) is -8.89. The number of phenolic OH excluding ortho intramolecular Hbond substituents is 1. The fourth-order valence-corrected chi connectivity index (χ4v) is 12.5. The van der Waals surface area contributed by atoms with Crippen molar-refractivity contribution in [1.29, 1.82) is 5.41 Å². The average molecular weight is 1820 g/mol. The number of carboxylic acids is 2. The van der Waals surface area contributed by atoms with E-state index in [1.165, 1.54) is 38.1 Å². The predicted octanol–water partition coefficient (Wildman–Crippen LogP) is -7.79. The number of phenols is 1. The topological polar surface area (TPSA) is 758 Å². The number of carboxylic acid groups (broad SMARTS) is 2. The van der Waals surface area contributed by atoms with Gasteiger partial charge in [0.2, 0.25) is 94.5 Å². The number of nitrogens with two attached hydrogens (primary N) is 4. The molecule has 0 aromatic heterocycles. The summed E-state index contributed by atoms with van der Waals surface area (Å²) in [6.07, 6.45) is -2.43. The van der Waals surface area contributed by atoms with Crippen LogP contribution in [0.1, 0.15) is 131 Å². The molecule has 2 rings (SSSR count). The number of carbonyl (C=O) groups excluding carboxylic acids is 17. The molecule has 0 saturated heterocycles. The van der Waals surface area contributed by atoms with Gasteiger partial charge >= 0.3 is 18.0 Å². The first-order valence-electron chi connectivity index (χ1n) is 40.6. The van der Waals surface area contributed by atoms with Crippen molar-refractivity contribution >= 4 is 144 Å². The summed E-state index contributed by atoms with van der Waals surface area (Å²) in [5.74, 6) is -22.9. The van der Waals surface area contributed by atoms with Gasteiger partial charge in [-0.1, -0.05) is 104 Å². The number of guanidine groups is 1. The number of aromatic hydroxyl groups is 1. The molecule has 15 atom stereocenters. The highest BCUT2D eigenvalue weighted by atomic mass is 32.1. The van der Waals surface area contributed by atoms with E-state index >= 15 is 0 Å². The highest BCUT2D eigenvalue weighted by Gasteiger charge is 2.39. The molecule has 702 valence electrons. The average Bonchev–Trinajstić information content (AvgIpc) is 0.833. The molecule has 48 heteroatoms. The van der Waals surface area contributed by atoms with Crippen molar-refractivity contribution in [3.05, 3.63) is 65.7 Å². The van der Waals surface area contributed by atoms with Gasteiger partial charge < -0.3 is 139 Å². The van der Waals surface area contributed by atoms with Gasteiger partial charge in [-0.25, -0.2) is 9.59 Å². The molecule has 2 aromatic rings. The molecule has 0 radical (unpaired) electrons. The molecule has 0 fully saturated rings. The van der Waals surface area contributed by atoms with E-state index in [0.29, 0.717) is 17.5 Å². The molecule has 2 aromatic carbocycles. The van der Waals surface area contributed by atoms with Gasteiger partial charge in [0.05, 0.1) is 32.3 Å². The zero-order valence-corrected chi connectivity index (χ0v) is 73.2. The molecular weight excluding hydrogens is 1690 g/mol. The molecular formula is C78H124N22O24S2. The Bertz CT molecular complexity index is 4040. The first-order valence-corrected chi connectivity index (χ1v) is 41.9. The van der Waals surface area contributed by atoms with E-state index in [2.05, 4.69) is 116 Å². The largest absolute Gasteiger partial charge is 0.508 e. The molecule has 18 amide bonds. The number of nitrogens with one attached hydrogen (secondary N) is 18. The molecule has 0 unspecified atom stereocenters. The Hall–Kier alpha value is -12.2. The van der Waals surface area contributed by atoms with Gasteiger partial charge in [-0.05, 0) is 91.9 Å². The minimum Gasteiger partial charge on any atom is -0.508 e. The molecule has 0 heterocycles. The zero-order valence-electron chi connectivity index (χ0n) is 71.4. The number of carbonyl (C=O) groups is 19. The summed E-state index contributed by atoms with van der Waals surface area (Å²) >= 11 is 8.32. The summed E-state index contributed by atoms with van der Waals surface area (Å²) in [7, 11) is 0. The highest BCUT2D eigenvalue weighted by molar-refractivity contribution is 7.80. The van der Waals surface area contributed by atoms with Crippen LogP contribution >= 0.6 is 25.3 Å². The number of aliphatic carboxylic acids is 2. The second-order valence-corrected chi connectivity index (χ2v) is 31.4. The minimum absolute atomic E-state index is 0.0128. The molecule has 0 aliphatic rings. The maximum Gasteiger partial charge on any atom is 0.326 e. The molecule has 0 saturated carbocycles. The number of amides is 18. The third-order valence-corrected chi connectivity index (χ3v) is 19.9. The number of urea groups is 1. The van der Waals surface area contributed by atoms with Crippen LogP contribution in [0.5, 0.6) is 5.75 Å². The lowest BCUT2D eigenvalue weighted by atomic mass is 9.95. The van der Waals surface area contributed by atoms with Crippen molar-refractivity contribution in [3.8, 4) is 5.75 Å². The van der Waals surface area contributed by atoms with Crippen LogP contribution in [0.3, 0.4) is 0 Å². The summed E-state index contributed by atoms with van der Waals surface area (Å²) in [6.45, 7) is 8.81. The van der Waals surface area contributed by atoms with Crippen LogP contribution in [0.4, 0.5) is 4.79 Å². The third-order valence-electron chi connectivity index (χ3n) is 19.2. The molecule has 0 aliphatic carbocycles. The van der Waals surface area contributed by atoms with E-state index in [1.807, 2.05) is 13.8 Å². The minimum atomic E-state index is -1.96. The van der Waals surface area contributed by atoms with Gasteiger partial charge in [0.15, 0.2) is 5.96 Å². The van der Waals surface area contributed by atoms with Crippen LogP contribution in [0.25, 0.3) is 0 Å². The summed E-state index contributed by atoms with van der Waals surface area (Å²) in [5.41, 5.74) is 23.3. The standard InChI is InChI=1S/C78H124N22O24S2/c1-9-41(8)62(100-68(114)47(17-13-27-84-77(81)82)90-63(109)45(79)29-38(2)3)75(121)99-61(40(6)7)74(120)93-49(23-25-56(80)104)67(113)97-55(37-126)72(118)91-46(18-14-28-85-78(83)124)66(112)95-53(35-102)71(117)98-60(39(4)5)73(119)92-48(24-26-59(107)108)64(110)86-33-58(106)89-52(34-101)70(116)96-54(36-125)65(111)87-32-57(105)88-50(30-42-15-11-10-12-16-42)69(115)94-51(76(122)123)31-43-19-21-44(103)22-20-43/h10-12,15-16,19-22,38-41,45-55,60-62,101-103,125-126H,9,13-14,17-18,23-37,79H2,1-8H3,(H2,80,104)(H,86,110)(H,87,111)(H,88,105)(H,89,106)(H,90,109)(H,91,118)(H,92,119)(H,93,120)(H,94,115)(H,95,112)(H,96,116)(H,97,113)(H,98,117)(H,99,121)(H,100,114)(H,107,108)(H,122,123)(H4,81,82,84)(H3,83,85,124)/t41-,45-,46-,47-,48-,49-,50-,51-,52-,53-,54-,55-,60-,61-,62-/m0/s1. The lowest BCUT2D eigenvalue weighted by Gasteiger charge is -2.30. The first-order chi connectivity index (χ1) is 59.3. The monoisotopic (exact) mass is 1820 g/mol. The van der Waals surface area contributed by atoms with E-state index in [-0.39, 0.29) is 75.7 Å². The fourth-order valence-electron chi connectivity index (χ4n) is 12.0. The predicted molar refractivity (Wildman–Crippen MR) is 460 cm³/mol. The Morgan fingerprint density at radius 1 is 0.405 bits per heavy atom. The number of rotatable bonds is 59. The van der Waals surface area contributed by atoms with Crippen LogP contribution in [-0.2, 0) is 99.1 Å². The van der Waals surface area contributed by atoms with Crippen LogP contribution in [0.2, 0.25) is 0 Å². The molecule has 31 N–H and O–H groups in total. The van der Waals surface area contributed by atoms with Crippen molar-refractivity contribution in [2.75, 3.05) is 50.9 Å². The Morgan fingerprint density at radius 2 is 0.770 bits per heavy atom.